The van der Waals surface area contributed by atoms with Gasteiger partial charge in [0, 0.05) is 32.4 Å². The summed E-state index contributed by atoms with van der Waals surface area (Å²) in [4.78, 5) is 16.7. The van der Waals surface area contributed by atoms with E-state index in [1.54, 1.807) is 26.4 Å². The van der Waals surface area contributed by atoms with E-state index in [4.69, 9.17) is 5.26 Å². The van der Waals surface area contributed by atoms with Crippen LogP contribution in [0.4, 0.5) is 0 Å². The molecule has 0 aliphatic rings. The molecule has 1 heterocycles. The summed E-state index contributed by atoms with van der Waals surface area (Å²) in [6, 6.07) is 5.60. The monoisotopic (exact) mass is 218 g/mol. The molecule has 0 atom stereocenters. The van der Waals surface area contributed by atoms with Crippen molar-refractivity contribution in [2.24, 2.45) is 0 Å². The molecule has 0 aliphatic carbocycles. The van der Waals surface area contributed by atoms with Gasteiger partial charge in [-0.15, -0.1) is 0 Å². The summed E-state index contributed by atoms with van der Waals surface area (Å²) in [5.74, 6) is 0.00222. The zero-order valence-corrected chi connectivity index (χ0v) is 9.40. The molecule has 0 radical (unpaired) electrons. The first-order valence-corrected chi connectivity index (χ1v) is 4.90. The summed E-state index contributed by atoms with van der Waals surface area (Å²) in [7, 11) is 3.41. The summed E-state index contributed by atoms with van der Waals surface area (Å²) < 4.78 is 0. The second kappa shape index (κ2) is 5.83. The van der Waals surface area contributed by atoms with Crippen molar-refractivity contribution < 1.29 is 4.79 Å². The molecule has 0 fully saturated rings. The van der Waals surface area contributed by atoms with Crippen molar-refractivity contribution in [1.82, 2.24) is 15.2 Å². The number of nitrogens with one attached hydrogen (secondary N) is 1. The highest BCUT2D eigenvalue weighted by Gasteiger charge is 2.05. The lowest BCUT2D eigenvalue weighted by Gasteiger charge is -2.11. The van der Waals surface area contributed by atoms with Crippen molar-refractivity contribution in [1.29, 1.82) is 5.26 Å². The van der Waals surface area contributed by atoms with Crippen LogP contribution in [-0.2, 0) is 11.3 Å². The Labute approximate surface area is 94.7 Å². The second-order valence-corrected chi connectivity index (χ2v) is 3.51. The Morgan fingerprint density at radius 2 is 2.38 bits per heavy atom. The maximum absolute atomic E-state index is 11.3. The Morgan fingerprint density at radius 1 is 1.62 bits per heavy atom. The van der Waals surface area contributed by atoms with Crippen LogP contribution in [0.1, 0.15) is 11.3 Å². The fourth-order valence-electron chi connectivity index (χ4n) is 1.14. The Morgan fingerprint density at radius 3 is 3.00 bits per heavy atom. The van der Waals surface area contributed by atoms with Gasteiger partial charge in [0.2, 0.25) is 5.91 Å². The number of aromatic nitrogens is 1. The summed E-state index contributed by atoms with van der Waals surface area (Å²) in [5.41, 5.74) is 1.20. The Balaban J connectivity index is 2.50. The zero-order valence-electron chi connectivity index (χ0n) is 9.40. The lowest BCUT2D eigenvalue weighted by atomic mass is 10.2. The van der Waals surface area contributed by atoms with E-state index in [0.29, 0.717) is 12.2 Å². The van der Waals surface area contributed by atoms with E-state index in [1.165, 1.54) is 4.90 Å². The molecule has 1 N–H and O–H groups in total. The molecule has 0 unspecified atom stereocenters. The van der Waals surface area contributed by atoms with Gasteiger partial charge in [0.05, 0.1) is 6.54 Å². The number of amides is 1. The molecule has 5 nitrogen and oxygen atoms in total. The number of nitrogens with zero attached hydrogens (tertiary/aromatic N) is 3. The van der Waals surface area contributed by atoms with E-state index in [-0.39, 0.29) is 12.5 Å². The molecule has 5 heteroatoms. The number of carbonyl (C=O) groups is 1. The van der Waals surface area contributed by atoms with Crippen molar-refractivity contribution in [2.75, 3.05) is 20.6 Å². The molecule has 0 aliphatic heterocycles. The number of rotatable bonds is 4. The predicted octanol–water partition coefficient (Wildman–Crippen LogP) is 0.131. The fourth-order valence-corrected chi connectivity index (χ4v) is 1.14. The molecule has 16 heavy (non-hydrogen) atoms. The van der Waals surface area contributed by atoms with Crippen LogP contribution in [0.3, 0.4) is 0 Å². The van der Waals surface area contributed by atoms with Gasteiger partial charge in [-0.3, -0.25) is 4.79 Å². The molecule has 0 bridgehead atoms. The van der Waals surface area contributed by atoms with Gasteiger partial charge < -0.3 is 10.2 Å². The van der Waals surface area contributed by atoms with Gasteiger partial charge in [-0.05, 0) is 6.07 Å². The number of nitriles is 1. The van der Waals surface area contributed by atoms with Crippen LogP contribution in [0.5, 0.6) is 0 Å². The van der Waals surface area contributed by atoms with Crippen LogP contribution < -0.4 is 5.32 Å². The van der Waals surface area contributed by atoms with Gasteiger partial charge >= 0.3 is 0 Å². The van der Waals surface area contributed by atoms with Crippen molar-refractivity contribution in [2.45, 2.75) is 6.54 Å². The molecule has 0 saturated carbocycles. The van der Waals surface area contributed by atoms with Crippen LogP contribution >= 0.6 is 0 Å². The van der Waals surface area contributed by atoms with Gasteiger partial charge in [0.1, 0.15) is 11.8 Å². The highest BCUT2D eigenvalue weighted by Crippen LogP contribution is 2.02. The fraction of sp³-hybridized carbons (Fsp3) is 0.364. The molecule has 1 rings (SSSR count). The average Bonchev–Trinajstić information content (AvgIpc) is 2.29. The molecule has 0 aromatic carbocycles. The van der Waals surface area contributed by atoms with Gasteiger partial charge in [-0.2, -0.15) is 5.26 Å². The molecular formula is C11H14N4O. The Kier molecular flexibility index (Phi) is 4.42. The Bertz CT molecular complexity index is 409. The summed E-state index contributed by atoms with van der Waals surface area (Å²) in [5, 5.41) is 11.8. The standard InChI is InChI=1S/C11H14N4O/c1-15(2)11(16)8-13-7-9-4-3-5-14-10(9)6-12/h3-5,13H,7-8H2,1-2H3. The largest absolute Gasteiger partial charge is 0.348 e. The van der Waals surface area contributed by atoms with Crippen LogP contribution in [-0.4, -0.2) is 36.4 Å². The normalized spacial score (nSPS) is 9.56. The summed E-state index contributed by atoms with van der Waals surface area (Å²) in [6.07, 6.45) is 1.58. The van der Waals surface area contributed by atoms with Crippen molar-refractivity contribution >= 4 is 5.91 Å². The van der Waals surface area contributed by atoms with Crippen LogP contribution in [0.2, 0.25) is 0 Å². The maximum atomic E-state index is 11.3. The molecule has 0 spiro atoms. The average molecular weight is 218 g/mol. The summed E-state index contributed by atoms with van der Waals surface area (Å²) in [6.45, 7) is 0.725. The number of hydrogen-bond donors (Lipinski definition) is 1. The number of hydrogen-bond acceptors (Lipinski definition) is 4. The molecule has 1 amide bonds. The quantitative estimate of drug-likeness (QED) is 0.780. The van der Waals surface area contributed by atoms with E-state index in [9.17, 15) is 4.79 Å². The highest BCUT2D eigenvalue weighted by molar-refractivity contribution is 5.77. The minimum Gasteiger partial charge on any atom is -0.348 e. The maximum Gasteiger partial charge on any atom is 0.236 e. The SMILES string of the molecule is CN(C)C(=O)CNCc1cccnc1C#N. The molecule has 0 saturated heterocycles. The first-order valence-electron chi connectivity index (χ1n) is 4.90. The number of likely N-dealkylation sites (N-methyl/N-ethyl adjacent to an activating group) is 1. The van der Waals surface area contributed by atoms with Crippen molar-refractivity contribution in [3.63, 3.8) is 0 Å². The van der Waals surface area contributed by atoms with E-state index in [0.717, 1.165) is 5.56 Å². The lowest BCUT2D eigenvalue weighted by Crippen LogP contribution is -2.32. The van der Waals surface area contributed by atoms with Gasteiger partial charge in [-0.25, -0.2) is 4.98 Å². The molecular weight excluding hydrogens is 204 g/mol. The van der Waals surface area contributed by atoms with E-state index >= 15 is 0 Å². The predicted molar refractivity (Wildman–Crippen MR) is 59.4 cm³/mol. The number of carbonyl (C=O) groups excluding carboxylic acids is 1. The Hall–Kier alpha value is -1.93. The highest BCUT2D eigenvalue weighted by atomic mass is 16.2. The van der Waals surface area contributed by atoms with E-state index in [2.05, 4.69) is 10.3 Å². The summed E-state index contributed by atoms with van der Waals surface area (Å²) >= 11 is 0. The molecule has 1 aromatic heterocycles. The van der Waals surface area contributed by atoms with Crippen molar-refractivity contribution in [3.8, 4) is 6.07 Å². The molecule has 84 valence electrons. The van der Waals surface area contributed by atoms with Gasteiger partial charge in [0.15, 0.2) is 0 Å². The van der Waals surface area contributed by atoms with Crippen LogP contribution in [0.15, 0.2) is 18.3 Å². The zero-order chi connectivity index (χ0) is 12.0. The third-order valence-corrected chi connectivity index (χ3v) is 2.09. The van der Waals surface area contributed by atoms with E-state index in [1.807, 2.05) is 12.1 Å². The number of pyridine rings is 1. The first kappa shape index (κ1) is 12.1. The third-order valence-electron chi connectivity index (χ3n) is 2.09. The van der Waals surface area contributed by atoms with Crippen molar-refractivity contribution in [3.05, 3.63) is 29.6 Å². The van der Waals surface area contributed by atoms with Gasteiger partial charge in [0.25, 0.3) is 0 Å². The smallest absolute Gasteiger partial charge is 0.236 e. The molecule has 1 aromatic rings. The van der Waals surface area contributed by atoms with Crippen LogP contribution in [0.25, 0.3) is 0 Å². The van der Waals surface area contributed by atoms with E-state index < -0.39 is 0 Å². The third kappa shape index (κ3) is 3.33. The topological polar surface area (TPSA) is 69.0 Å². The first-order chi connectivity index (χ1) is 7.65. The second-order valence-electron chi connectivity index (χ2n) is 3.51. The van der Waals surface area contributed by atoms with Crippen LogP contribution in [0, 0.1) is 11.3 Å². The minimum absolute atomic E-state index is 0.00222. The minimum atomic E-state index is 0.00222. The lowest BCUT2D eigenvalue weighted by molar-refractivity contribution is -0.127. The van der Waals surface area contributed by atoms with Gasteiger partial charge in [-0.1, -0.05) is 6.07 Å².